The van der Waals surface area contributed by atoms with Gasteiger partial charge >= 0.3 is 0 Å². The third-order valence-electron chi connectivity index (χ3n) is 2.49. The van der Waals surface area contributed by atoms with Crippen LogP contribution >= 0.6 is 15.9 Å². The highest BCUT2D eigenvalue weighted by Gasteiger charge is 2.19. The zero-order valence-corrected chi connectivity index (χ0v) is 11.1. The fraction of sp³-hybridized carbons (Fsp3) is 0.0714. The molecule has 0 radical (unpaired) electrons. The quantitative estimate of drug-likeness (QED) is 0.915. The molecule has 1 atom stereocenters. The van der Waals surface area contributed by atoms with Crippen molar-refractivity contribution in [1.29, 1.82) is 0 Å². The van der Waals surface area contributed by atoms with Gasteiger partial charge in [0.2, 0.25) is 0 Å². The number of carbonyl (C=O) groups is 1. The van der Waals surface area contributed by atoms with Gasteiger partial charge in [0.15, 0.2) is 6.10 Å². The molecular formula is C14H12BrNO2. The van der Waals surface area contributed by atoms with E-state index in [1.54, 1.807) is 30.3 Å². The van der Waals surface area contributed by atoms with E-state index >= 15 is 0 Å². The number of rotatable bonds is 3. The van der Waals surface area contributed by atoms with Gasteiger partial charge in [-0.15, -0.1) is 0 Å². The molecule has 1 amide bonds. The monoisotopic (exact) mass is 305 g/mol. The molecule has 4 heteroatoms. The van der Waals surface area contributed by atoms with Crippen LogP contribution in [0.15, 0.2) is 59.1 Å². The number of nitrogens with one attached hydrogen (secondary N) is 1. The number of hydrogen-bond donors (Lipinski definition) is 2. The van der Waals surface area contributed by atoms with Crippen LogP contribution in [0.4, 0.5) is 5.69 Å². The minimum absolute atomic E-state index is 0.451. The fourth-order valence-corrected chi connectivity index (χ4v) is 2.07. The number of aliphatic hydroxyl groups excluding tert-OH is 1. The predicted molar refractivity (Wildman–Crippen MR) is 74.2 cm³/mol. The Kier molecular flexibility index (Phi) is 4.12. The van der Waals surface area contributed by atoms with Gasteiger partial charge in [-0.1, -0.05) is 52.3 Å². The van der Waals surface area contributed by atoms with Crippen molar-refractivity contribution in [3.05, 3.63) is 64.6 Å². The van der Waals surface area contributed by atoms with Crippen LogP contribution in [0, 0.1) is 0 Å². The number of amides is 1. The van der Waals surface area contributed by atoms with Crippen molar-refractivity contribution in [3.63, 3.8) is 0 Å². The second-order valence-electron chi connectivity index (χ2n) is 3.78. The summed E-state index contributed by atoms with van der Waals surface area (Å²) in [6, 6.07) is 16.1. The summed E-state index contributed by atoms with van der Waals surface area (Å²) in [6.45, 7) is 0. The Morgan fingerprint density at radius 2 is 1.67 bits per heavy atom. The van der Waals surface area contributed by atoms with Crippen molar-refractivity contribution in [1.82, 2.24) is 0 Å². The summed E-state index contributed by atoms with van der Waals surface area (Å²) >= 11 is 3.31. The maximum atomic E-state index is 11.9. The number of carbonyl (C=O) groups excluding carboxylic acids is 1. The molecule has 2 aromatic carbocycles. The second-order valence-corrected chi connectivity index (χ2v) is 4.63. The highest BCUT2D eigenvalue weighted by Crippen LogP contribution is 2.24. The van der Waals surface area contributed by atoms with Crippen LogP contribution < -0.4 is 5.32 Å². The number of aliphatic hydroxyl groups is 1. The van der Waals surface area contributed by atoms with Crippen LogP contribution in [-0.4, -0.2) is 11.0 Å². The van der Waals surface area contributed by atoms with E-state index in [9.17, 15) is 9.90 Å². The van der Waals surface area contributed by atoms with Crippen LogP contribution in [0.5, 0.6) is 0 Å². The van der Waals surface area contributed by atoms with Crippen molar-refractivity contribution < 1.29 is 9.90 Å². The third kappa shape index (κ3) is 2.97. The van der Waals surface area contributed by atoms with Gasteiger partial charge in [0.05, 0.1) is 0 Å². The molecule has 0 saturated carbocycles. The molecule has 0 aromatic heterocycles. The summed E-state index contributed by atoms with van der Waals surface area (Å²) in [5.41, 5.74) is 1.21. The number of anilines is 1. The average molecular weight is 306 g/mol. The summed E-state index contributed by atoms with van der Waals surface area (Å²) < 4.78 is 0.709. The minimum Gasteiger partial charge on any atom is -0.378 e. The Labute approximate surface area is 114 Å². The summed E-state index contributed by atoms with van der Waals surface area (Å²) in [7, 11) is 0. The SMILES string of the molecule is O=C(Nc1ccccc1)C(O)c1ccccc1Br. The normalized spacial score (nSPS) is 11.9. The third-order valence-corrected chi connectivity index (χ3v) is 3.21. The Balaban J connectivity index is 2.13. The molecule has 0 saturated heterocycles. The molecular weight excluding hydrogens is 294 g/mol. The first-order valence-electron chi connectivity index (χ1n) is 5.47. The molecule has 2 aromatic rings. The summed E-state index contributed by atoms with van der Waals surface area (Å²) in [4.78, 5) is 11.9. The average Bonchev–Trinajstić information content (AvgIpc) is 2.39. The van der Waals surface area contributed by atoms with Crippen LogP contribution in [0.25, 0.3) is 0 Å². The van der Waals surface area contributed by atoms with Crippen LogP contribution in [0.3, 0.4) is 0 Å². The zero-order valence-electron chi connectivity index (χ0n) is 9.51. The van der Waals surface area contributed by atoms with Crippen molar-refractivity contribution in [2.45, 2.75) is 6.10 Å². The second kappa shape index (κ2) is 5.80. The van der Waals surface area contributed by atoms with E-state index in [1.807, 2.05) is 24.3 Å². The van der Waals surface area contributed by atoms with E-state index in [-0.39, 0.29) is 0 Å². The van der Waals surface area contributed by atoms with Crippen molar-refractivity contribution >= 4 is 27.5 Å². The van der Waals surface area contributed by atoms with E-state index < -0.39 is 12.0 Å². The smallest absolute Gasteiger partial charge is 0.257 e. The maximum Gasteiger partial charge on any atom is 0.257 e. The molecule has 18 heavy (non-hydrogen) atoms. The van der Waals surface area contributed by atoms with Gasteiger partial charge in [-0.3, -0.25) is 4.79 Å². The van der Waals surface area contributed by atoms with Crippen LogP contribution in [0.1, 0.15) is 11.7 Å². The first-order chi connectivity index (χ1) is 8.68. The van der Waals surface area contributed by atoms with Gasteiger partial charge in [0, 0.05) is 15.7 Å². The number of halogens is 1. The molecule has 0 aliphatic carbocycles. The molecule has 0 fully saturated rings. The Hall–Kier alpha value is -1.65. The van der Waals surface area contributed by atoms with Gasteiger partial charge in [-0.2, -0.15) is 0 Å². The van der Waals surface area contributed by atoms with Crippen molar-refractivity contribution in [2.75, 3.05) is 5.32 Å². The topological polar surface area (TPSA) is 49.3 Å². The molecule has 3 nitrogen and oxygen atoms in total. The van der Waals surface area contributed by atoms with E-state index in [0.29, 0.717) is 15.7 Å². The molecule has 0 aliphatic heterocycles. The van der Waals surface area contributed by atoms with Crippen molar-refractivity contribution in [2.24, 2.45) is 0 Å². The van der Waals surface area contributed by atoms with Gasteiger partial charge in [-0.25, -0.2) is 0 Å². The van der Waals surface area contributed by atoms with Gasteiger partial charge in [0.25, 0.3) is 5.91 Å². The van der Waals surface area contributed by atoms with Crippen molar-refractivity contribution in [3.8, 4) is 0 Å². The molecule has 2 rings (SSSR count). The van der Waals surface area contributed by atoms with Gasteiger partial charge in [0.1, 0.15) is 0 Å². The van der Waals surface area contributed by atoms with E-state index in [1.165, 1.54) is 0 Å². The van der Waals surface area contributed by atoms with E-state index in [0.717, 1.165) is 0 Å². The maximum absolute atomic E-state index is 11.9. The molecule has 2 N–H and O–H groups in total. The molecule has 0 spiro atoms. The lowest BCUT2D eigenvalue weighted by Gasteiger charge is -2.13. The van der Waals surface area contributed by atoms with Crippen LogP contribution in [0.2, 0.25) is 0 Å². The van der Waals surface area contributed by atoms with E-state index in [4.69, 9.17) is 0 Å². The Morgan fingerprint density at radius 3 is 2.33 bits per heavy atom. The Morgan fingerprint density at radius 1 is 1.06 bits per heavy atom. The predicted octanol–water partition coefficient (Wildman–Crippen LogP) is 3.12. The number of benzene rings is 2. The molecule has 0 heterocycles. The Bertz CT molecular complexity index is 543. The lowest BCUT2D eigenvalue weighted by molar-refractivity contribution is -0.124. The highest BCUT2D eigenvalue weighted by molar-refractivity contribution is 9.10. The first kappa shape index (κ1) is 12.8. The zero-order chi connectivity index (χ0) is 13.0. The lowest BCUT2D eigenvalue weighted by Crippen LogP contribution is -2.21. The largest absolute Gasteiger partial charge is 0.378 e. The molecule has 0 aliphatic rings. The van der Waals surface area contributed by atoms with Gasteiger partial charge < -0.3 is 10.4 Å². The lowest BCUT2D eigenvalue weighted by atomic mass is 10.1. The molecule has 0 bridgehead atoms. The van der Waals surface area contributed by atoms with Crippen LogP contribution in [-0.2, 0) is 4.79 Å². The van der Waals surface area contributed by atoms with E-state index in [2.05, 4.69) is 21.2 Å². The van der Waals surface area contributed by atoms with Gasteiger partial charge in [-0.05, 0) is 18.2 Å². The fourth-order valence-electron chi connectivity index (χ4n) is 1.57. The minimum atomic E-state index is -1.19. The summed E-state index contributed by atoms with van der Waals surface area (Å²) in [5.74, 6) is -0.451. The molecule has 92 valence electrons. The summed E-state index contributed by atoms with van der Waals surface area (Å²) in [6.07, 6.45) is -1.19. The summed E-state index contributed by atoms with van der Waals surface area (Å²) in [5, 5.41) is 12.6. The first-order valence-corrected chi connectivity index (χ1v) is 6.26. The molecule has 1 unspecified atom stereocenters. The highest BCUT2D eigenvalue weighted by atomic mass is 79.9. The number of hydrogen-bond acceptors (Lipinski definition) is 2. The number of para-hydroxylation sites is 1. The standard InChI is InChI=1S/C14H12BrNO2/c15-12-9-5-4-8-11(12)13(17)14(18)16-10-6-2-1-3-7-10/h1-9,13,17H,(H,16,18).